The molecule has 7 heteroatoms. The zero-order valence-electron chi connectivity index (χ0n) is 10.9. The molecular weight excluding hydrogens is 262 g/mol. The highest BCUT2D eigenvalue weighted by Gasteiger charge is 2.24. The molecule has 7 nitrogen and oxygen atoms in total. The number of hydrogen-bond acceptors (Lipinski definition) is 3. The van der Waals surface area contributed by atoms with Gasteiger partial charge in [-0.1, -0.05) is 18.2 Å². The predicted molar refractivity (Wildman–Crippen MR) is 73.9 cm³/mol. The van der Waals surface area contributed by atoms with Crippen LogP contribution in [0.5, 0.6) is 0 Å². The fourth-order valence-corrected chi connectivity index (χ4v) is 2.08. The van der Waals surface area contributed by atoms with Crippen LogP contribution in [0.3, 0.4) is 0 Å². The van der Waals surface area contributed by atoms with E-state index in [0.717, 1.165) is 15.8 Å². The zero-order chi connectivity index (χ0) is 14.9. The standard InChI is InChI=1S/C13H15N3O4/c1-15-10-5-3-2-4-8(10)6-11(15)16(13(19)20)7-9(14)12(17)18/h2-6,9H,7,14H2,1H3,(H,17,18)(H,19,20). The summed E-state index contributed by atoms with van der Waals surface area (Å²) in [5.74, 6) is -0.856. The van der Waals surface area contributed by atoms with E-state index in [9.17, 15) is 14.7 Å². The summed E-state index contributed by atoms with van der Waals surface area (Å²) in [6.07, 6.45) is -1.24. The Labute approximate surface area is 114 Å². The number of fused-ring (bicyclic) bond motifs is 1. The van der Waals surface area contributed by atoms with Gasteiger partial charge in [-0.2, -0.15) is 0 Å². The van der Waals surface area contributed by atoms with Crippen LogP contribution in [-0.4, -0.2) is 39.4 Å². The molecule has 1 aromatic carbocycles. The Morgan fingerprint density at radius 3 is 2.55 bits per heavy atom. The van der Waals surface area contributed by atoms with Crippen LogP contribution in [0.1, 0.15) is 0 Å². The van der Waals surface area contributed by atoms with Crippen LogP contribution in [-0.2, 0) is 11.8 Å². The molecule has 106 valence electrons. The smallest absolute Gasteiger partial charge is 0.413 e. The second-order valence-electron chi connectivity index (χ2n) is 4.46. The molecular formula is C13H15N3O4. The van der Waals surface area contributed by atoms with E-state index in [2.05, 4.69) is 0 Å². The van der Waals surface area contributed by atoms with Gasteiger partial charge >= 0.3 is 12.1 Å². The Bertz CT molecular complexity index is 665. The Kier molecular flexibility index (Phi) is 3.62. The van der Waals surface area contributed by atoms with Gasteiger partial charge in [-0.25, -0.2) is 4.79 Å². The lowest BCUT2D eigenvalue weighted by atomic mass is 10.2. The van der Waals surface area contributed by atoms with Crippen LogP contribution in [0, 0.1) is 0 Å². The molecule has 1 heterocycles. The summed E-state index contributed by atoms with van der Waals surface area (Å²) in [6, 6.07) is 7.83. The molecule has 2 rings (SSSR count). The lowest BCUT2D eigenvalue weighted by Gasteiger charge is -2.21. The summed E-state index contributed by atoms with van der Waals surface area (Å²) >= 11 is 0. The van der Waals surface area contributed by atoms with Gasteiger partial charge in [0.05, 0.1) is 6.54 Å². The Morgan fingerprint density at radius 1 is 1.35 bits per heavy atom. The van der Waals surface area contributed by atoms with Crippen LogP contribution >= 0.6 is 0 Å². The molecule has 0 bridgehead atoms. The van der Waals surface area contributed by atoms with E-state index in [1.54, 1.807) is 17.7 Å². The summed E-state index contributed by atoms with van der Waals surface area (Å²) < 4.78 is 1.69. The van der Waals surface area contributed by atoms with Crippen LogP contribution in [0.25, 0.3) is 10.9 Å². The zero-order valence-corrected chi connectivity index (χ0v) is 10.9. The molecule has 1 aromatic heterocycles. The largest absolute Gasteiger partial charge is 0.480 e. The molecule has 0 aliphatic heterocycles. The summed E-state index contributed by atoms with van der Waals surface area (Å²) in [5.41, 5.74) is 6.28. The molecule has 0 saturated heterocycles. The van der Waals surface area contributed by atoms with Crippen molar-refractivity contribution in [3.8, 4) is 0 Å². The number of hydrogen-bond donors (Lipinski definition) is 3. The number of nitrogens with zero attached hydrogens (tertiary/aromatic N) is 2. The highest BCUT2D eigenvalue weighted by molar-refractivity contribution is 5.93. The number of aliphatic carboxylic acids is 1. The third-order valence-electron chi connectivity index (χ3n) is 3.13. The first-order valence-electron chi connectivity index (χ1n) is 5.95. The SMILES string of the molecule is Cn1c(N(CC(N)C(=O)O)C(=O)O)cc2ccccc21. The first-order valence-corrected chi connectivity index (χ1v) is 5.95. The van der Waals surface area contributed by atoms with Gasteiger partial charge in [0.1, 0.15) is 11.9 Å². The second-order valence-corrected chi connectivity index (χ2v) is 4.46. The number of carboxylic acid groups (broad SMARTS) is 2. The maximum absolute atomic E-state index is 11.4. The molecule has 1 unspecified atom stereocenters. The van der Waals surface area contributed by atoms with Crippen molar-refractivity contribution in [1.82, 2.24) is 4.57 Å². The normalized spacial score (nSPS) is 12.3. The minimum atomic E-state index is -1.27. The monoisotopic (exact) mass is 277 g/mol. The summed E-state index contributed by atoms with van der Waals surface area (Å²) in [4.78, 5) is 23.1. The van der Waals surface area contributed by atoms with E-state index in [-0.39, 0.29) is 6.54 Å². The molecule has 0 fully saturated rings. The van der Waals surface area contributed by atoms with Gasteiger partial charge in [0.15, 0.2) is 0 Å². The topological polar surface area (TPSA) is 109 Å². The molecule has 2 aromatic rings. The average molecular weight is 277 g/mol. The molecule has 0 aliphatic rings. The number of aryl methyl sites for hydroxylation is 1. The van der Waals surface area contributed by atoms with Gasteiger partial charge < -0.3 is 20.5 Å². The van der Waals surface area contributed by atoms with E-state index in [1.165, 1.54) is 0 Å². The molecule has 1 atom stereocenters. The molecule has 20 heavy (non-hydrogen) atoms. The number of amides is 1. The first kappa shape index (κ1) is 13.9. The molecule has 1 amide bonds. The molecule has 4 N–H and O–H groups in total. The van der Waals surface area contributed by atoms with Crippen LogP contribution in [0.2, 0.25) is 0 Å². The van der Waals surface area contributed by atoms with E-state index in [1.807, 2.05) is 24.3 Å². The van der Waals surface area contributed by atoms with Gasteiger partial charge in [0.2, 0.25) is 0 Å². The predicted octanol–water partition coefficient (Wildman–Crippen LogP) is 1.07. The minimum absolute atomic E-state index is 0.311. The number of benzene rings is 1. The van der Waals surface area contributed by atoms with Crippen LogP contribution in [0.15, 0.2) is 30.3 Å². The fraction of sp³-hybridized carbons (Fsp3) is 0.231. The van der Waals surface area contributed by atoms with Crippen LogP contribution < -0.4 is 10.6 Å². The Balaban J connectivity index is 2.44. The van der Waals surface area contributed by atoms with Crippen molar-refractivity contribution in [3.05, 3.63) is 30.3 Å². The quantitative estimate of drug-likeness (QED) is 0.774. The molecule has 0 radical (unpaired) electrons. The van der Waals surface area contributed by atoms with E-state index >= 15 is 0 Å². The Morgan fingerprint density at radius 2 is 2.00 bits per heavy atom. The number of anilines is 1. The number of rotatable bonds is 4. The summed E-state index contributed by atoms with van der Waals surface area (Å²) in [5, 5.41) is 19.0. The highest BCUT2D eigenvalue weighted by Crippen LogP contribution is 2.25. The third-order valence-corrected chi connectivity index (χ3v) is 3.13. The first-order chi connectivity index (χ1) is 9.41. The number of carbonyl (C=O) groups is 2. The lowest BCUT2D eigenvalue weighted by molar-refractivity contribution is -0.138. The Hall–Kier alpha value is -2.54. The van der Waals surface area contributed by atoms with Crippen molar-refractivity contribution in [2.45, 2.75) is 6.04 Å². The third kappa shape index (κ3) is 2.43. The number of aromatic nitrogens is 1. The number of para-hydroxylation sites is 1. The molecule has 0 saturated carbocycles. The molecule has 0 spiro atoms. The lowest BCUT2D eigenvalue weighted by Crippen LogP contribution is -2.45. The van der Waals surface area contributed by atoms with E-state index in [4.69, 9.17) is 10.8 Å². The van der Waals surface area contributed by atoms with Crippen molar-refractivity contribution >= 4 is 28.8 Å². The average Bonchev–Trinajstić information content (AvgIpc) is 2.73. The van der Waals surface area contributed by atoms with Crippen molar-refractivity contribution in [3.63, 3.8) is 0 Å². The van der Waals surface area contributed by atoms with Crippen LogP contribution in [0.4, 0.5) is 10.6 Å². The van der Waals surface area contributed by atoms with Gasteiger partial charge in [-0.3, -0.25) is 9.69 Å². The van der Waals surface area contributed by atoms with E-state index in [0.29, 0.717) is 5.82 Å². The number of nitrogens with two attached hydrogens (primary N) is 1. The van der Waals surface area contributed by atoms with Crippen molar-refractivity contribution in [2.24, 2.45) is 12.8 Å². The maximum Gasteiger partial charge on any atom is 0.413 e. The van der Waals surface area contributed by atoms with Gasteiger partial charge in [-0.05, 0) is 12.1 Å². The van der Waals surface area contributed by atoms with Gasteiger partial charge in [0, 0.05) is 18.0 Å². The maximum atomic E-state index is 11.4. The van der Waals surface area contributed by atoms with Crippen molar-refractivity contribution in [2.75, 3.05) is 11.4 Å². The summed E-state index contributed by atoms with van der Waals surface area (Å²) in [7, 11) is 1.72. The summed E-state index contributed by atoms with van der Waals surface area (Å²) in [6.45, 7) is -0.311. The minimum Gasteiger partial charge on any atom is -0.480 e. The van der Waals surface area contributed by atoms with E-state index < -0.39 is 18.1 Å². The van der Waals surface area contributed by atoms with Gasteiger partial charge in [-0.15, -0.1) is 0 Å². The van der Waals surface area contributed by atoms with Crippen molar-refractivity contribution in [1.29, 1.82) is 0 Å². The highest BCUT2D eigenvalue weighted by atomic mass is 16.4. The molecule has 0 aliphatic carbocycles. The number of carboxylic acids is 1. The van der Waals surface area contributed by atoms with Crippen molar-refractivity contribution < 1.29 is 19.8 Å². The second kappa shape index (κ2) is 5.22. The van der Waals surface area contributed by atoms with Gasteiger partial charge in [0.25, 0.3) is 0 Å². The fourth-order valence-electron chi connectivity index (χ4n) is 2.08.